The molecule has 3 N–H and O–H groups in total. The first kappa shape index (κ1) is 15.3. The van der Waals surface area contributed by atoms with Gasteiger partial charge in [0.05, 0.1) is 12.7 Å². The van der Waals surface area contributed by atoms with Crippen LogP contribution in [0.3, 0.4) is 0 Å². The molecule has 1 fully saturated rings. The Balaban J connectivity index is 2.00. The second-order valence-corrected chi connectivity index (χ2v) is 5.36. The summed E-state index contributed by atoms with van der Waals surface area (Å²) >= 11 is 6.21. The van der Waals surface area contributed by atoms with Crippen molar-refractivity contribution in [3.8, 4) is 0 Å². The maximum Gasteiger partial charge on any atom is 0.248 e. The lowest BCUT2D eigenvalue weighted by atomic mass is 10.1. The van der Waals surface area contributed by atoms with Crippen molar-refractivity contribution in [3.05, 3.63) is 34.3 Å². The maximum atomic E-state index is 11.1. The summed E-state index contributed by atoms with van der Waals surface area (Å²) in [5.41, 5.74) is 6.68. The fraction of sp³-hybridized carbons (Fsp3) is 0.500. The third-order valence-electron chi connectivity index (χ3n) is 3.39. The van der Waals surface area contributed by atoms with Crippen molar-refractivity contribution in [1.82, 2.24) is 10.2 Å². The van der Waals surface area contributed by atoms with Crippen molar-refractivity contribution in [1.29, 1.82) is 0 Å². The van der Waals surface area contributed by atoms with Crippen LogP contribution in [0.1, 0.15) is 15.9 Å². The van der Waals surface area contributed by atoms with Crippen molar-refractivity contribution in [2.75, 3.05) is 33.3 Å². The van der Waals surface area contributed by atoms with Gasteiger partial charge in [0, 0.05) is 36.8 Å². The highest BCUT2D eigenvalue weighted by Gasteiger charge is 2.20. The van der Waals surface area contributed by atoms with Gasteiger partial charge in [0.15, 0.2) is 0 Å². The van der Waals surface area contributed by atoms with E-state index >= 15 is 0 Å². The van der Waals surface area contributed by atoms with Gasteiger partial charge < -0.3 is 15.8 Å². The van der Waals surface area contributed by atoms with E-state index in [9.17, 15) is 4.79 Å². The zero-order valence-corrected chi connectivity index (χ0v) is 12.3. The van der Waals surface area contributed by atoms with E-state index in [0.29, 0.717) is 10.6 Å². The van der Waals surface area contributed by atoms with Gasteiger partial charge in [-0.2, -0.15) is 0 Å². The van der Waals surface area contributed by atoms with Crippen LogP contribution in [0.5, 0.6) is 0 Å². The molecule has 5 nitrogen and oxygen atoms in total. The van der Waals surface area contributed by atoms with Gasteiger partial charge in [0.25, 0.3) is 0 Å². The lowest BCUT2D eigenvalue weighted by Gasteiger charge is -2.33. The number of carbonyl (C=O) groups excluding carboxylic acids is 1. The first-order valence-corrected chi connectivity index (χ1v) is 7.04. The van der Waals surface area contributed by atoms with E-state index in [1.54, 1.807) is 12.1 Å². The molecule has 20 heavy (non-hydrogen) atoms. The third-order valence-corrected chi connectivity index (χ3v) is 3.74. The topological polar surface area (TPSA) is 67.6 Å². The molecule has 1 heterocycles. The second-order valence-electron chi connectivity index (χ2n) is 4.96. The number of hydrogen-bond donors (Lipinski definition) is 2. The summed E-state index contributed by atoms with van der Waals surface area (Å²) in [6.45, 7) is 4.07. The van der Waals surface area contributed by atoms with Crippen molar-refractivity contribution in [3.63, 3.8) is 0 Å². The Bertz CT molecular complexity index is 479. The van der Waals surface area contributed by atoms with E-state index in [1.165, 1.54) is 0 Å². The number of ether oxygens (including phenoxy) is 1. The van der Waals surface area contributed by atoms with Crippen LogP contribution in [-0.4, -0.2) is 50.2 Å². The van der Waals surface area contributed by atoms with E-state index < -0.39 is 5.91 Å². The summed E-state index contributed by atoms with van der Waals surface area (Å²) in [4.78, 5) is 13.4. The molecular formula is C14H20ClN3O2. The lowest BCUT2D eigenvalue weighted by Crippen LogP contribution is -2.45. The molecule has 1 aliphatic heterocycles. The zero-order valence-electron chi connectivity index (χ0n) is 11.6. The Labute approximate surface area is 124 Å². The van der Waals surface area contributed by atoms with Crippen LogP contribution >= 0.6 is 11.6 Å². The number of rotatable bonds is 5. The highest BCUT2D eigenvalue weighted by atomic mass is 35.5. The number of benzene rings is 1. The van der Waals surface area contributed by atoms with E-state index in [-0.39, 0.29) is 6.10 Å². The van der Waals surface area contributed by atoms with Gasteiger partial charge in [0.2, 0.25) is 5.91 Å². The molecule has 1 aromatic rings. The van der Waals surface area contributed by atoms with Crippen molar-refractivity contribution in [2.45, 2.75) is 12.6 Å². The summed E-state index contributed by atoms with van der Waals surface area (Å²) in [7, 11) is 1.92. The number of likely N-dealkylation sites (N-methyl/N-ethyl adjacent to an activating group) is 1. The Morgan fingerprint density at radius 3 is 3.05 bits per heavy atom. The second kappa shape index (κ2) is 7.04. The monoisotopic (exact) mass is 297 g/mol. The molecule has 1 amide bonds. The molecule has 0 aliphatic carbocycles. The van der Waals surface area contributed by atoms with Crippen LogP contribution in [0.15, 0.2) is 18.2 Å². The van der Waals surface area contributed by atoms with E-state index in [1.807, 2.05) is 13.1 Å². The SMILES string of the molecule is CNCC1CN(Cc2ccc(C(N)=O)cc2Cl)CCO1. The quantitative estimate of drug-likeness (QED) is 0.846. The molecule has 1 unspecified atom stereocenters. The summed E-state index contributed by atoms with van der Waals surface area (Å²) < 4.78 is 5.67. The van der Waals surface area contributed by atoms with Gasteiger partial charge in [-0.1, -0.05) is 17.7 Å². The molecule has 1 aliphatic rings. The van der Waals surface area contributed by atoms with Crippen molar-refractivity contribution in [2.24, 2.45) is 5.73 Å². The normalized spacial score (nSPS) is 20.0. The molecular weight excluding hydrogens is 278 g/mol. The van der Waals surface area contributed by atoms with Crippen LogP contribution in [0.25, 0.3) is 0 Å². The molecule has 0 bridgehead atoms. The lowest BCUT2D eigenvalue weighted by molar-refractivity contribution is -0.0291. The molecule has 2 rings (SSSR count). The zero-order chi connectivity index (χ0) is 14.5. The first-order chi connectivity index (χ1) is 9.60. The predicted molar refractivity (Wildman–Crippen MR) is 78.9 cm³/mol. The molecule has 1 saturated heterocycles. The molecule has 0 saturated carbocycles. The molecule has 0 aromatic heterocycles. The number of primary amides is 1. The number of carbonyl (C=O) groups is 1. The number of amides is 1. The largest absolute Gasteiger partial charge is 0.374 e. The molecule has 110 valence electrons. The van der Waals surface area contributed by atoms with Gasteiger partial charge in [-0.25, -0.2) is 0 Å². The average molecular weight is 298 g/mol. The molecule has 0 radical (unpaired) electrons. The number of nitrogens with one attached hydrogen (secondary N) is 1. The Morgan fingerprint density at radius 1 is 1.60 bits per heavy atom. The Morgan fingerprint density at radius 2 is 2.40 bits per heavy atom. The third kappa shape index (κ3) is 3.93. The standard InChI is InChI=1S/C14H20ClN3O2/c1-17-7-12-9-18(4-5-20-12)8-11-3-2-10(14(16)19)6-13(11)15/h2-3,6,12,17H,4-5,7-9H2,1H3,(H2,16,19). The number of morpholine rings is 1. The fourth-order valence-corrected chi connectivity index (χ4v) is 2.59. The van der Waals surface area contributed by atoms with E-state index in [0.717, 1.165) is 38.3 Å². The minimum atomic E-state index is -0.459. The summed E-state index contributed by atoms with van der Waals surface area (Å²) in [6, 6.07) is 5.21. The molecule has 0 spiro atoms. The highest BCUT2D eigenvalue weighted by Crippen LogP contribution is 2.20. The van der Waals surface area contributed by atoms with Crippen LogP contribution in [0.2, 0.25) is 5.02 Å². The van der Waals surface area contributed by atoms with Crippen molar-refractivity contribution >= 4 is 17.5 Å². The number of halogens is 1. The predicted octanol–water partition coefficient (Wildman–Crippen LogP) is 0.859. The smallest absolute Gasteiger partial charge is 0.248 e. The molecule has 6 heteroatoms. The minimum Gasteiger partial charge on any atom is -0.374 e. The Hall–Kier alpha value is -1.14. The fourth-order valence-electron chi connectivity index (χ4n) is 2.34. The number of nitrogens with two attached hydrogens (primary N) is 1. The summed E-state index contributed by atoms with van der Waals surface area (Å²) in [5.74, 6) is -0.459. The maximum absolute atomic E-state index is 11.1. The first-order valence-electron chi connectivity index (χ1n) is 6.67. The Kier molecular flexibility index (Phi) is 5.37. The van der Waals surface area contributed by atoms with Gasteiger partial charge >= 0.3 is 0 Å². The van der Waals surface area contributed by atoms with Gasteiger partial charge in [-0.05, 0) is 24.7 Å². The minimum absolute atomic E-state index is 0.206. The molecule has 1 aromatic carbocycles. The molecule has 1 atom stereocenters. The van der Waals surface area contributed by atoms with E-state index in [4.69, 9.17) is 22.1 Å². The van der Waals surface area contributed by atoms with Crippen LogP contribution in [0, 0.1) is 0 Å². The van der Waals surface area contributed by atoms with Crippen LogP contribution in [0.4, 0.5) is 0 Å². The van der Waals surface area contributed by atoms with Gasteiger partial charge in [-0.3, -0.25) is 9.69 Å². The number of hydrogen-bond acceptors (Lipinski definition) is 4. The van der Waals surface area contributed by atoms with Gasteiger partial charge in [0.1, 0.15) is 0 Å². The van der Waals surface area contributed by atoms with Crippen molar-refractivity contribution < 1.29 is 9.53 Å². The van der Waals surface area contributed by atoms with Crippen LogP contribution in [-0.2, 0) is 11.3 Å². The summed E-state index contributed by atoms with van der Waals surface area (Å²) in [6.07, 6.45) is 0.206. The summed E-state index contributed by atoms with van der Waals surface area (Å²) in [5, 5.41) is 3.71. The van der Waals surface area contributed by atoms with E-state index in [2.05, 4.69) is 10.2 Å². The van der Waals surface area contributed by atoms with Crippen LogP contribution < -0.4 is 11.1 Å². The number of nitrogens with zero attached hydrogens (tertiary/aromatic N) is 1. The average Bonchev–Trinajstić information content (AvgIpc) is 2.42. The van der Waals surface area contributed by atoms with Gasteiger partial charge in [-0.15, -0.1) is 0 Å². The highest BCUT2D eigenvalue weighted by molar-refractivity contribution is 6.31.